The molecule has 6 rings (SSSR count). The summed E-state index contributed by atoms with van der Waals surface area (Å²) in [5.74, 6) is 0.0274. The number of hydrogen-bond acceptors (Lipinski definition) is 6. The van der Waals surface area contributed by atoms with Gasteiger partial charge in [0.25, 0.3) is 11.5 Å². The summed E-state index contributed by atoms with van der Waals surface area (Å²) in [6, 6.07) is 5.93. The van der Waals surface area contributed by atoms with Crippen LogP contribution >= 0.6 is 0 Å². The van der Waals surface area contributed by atoms with Crippen LogP contribution in [0.3, 0.4) is 0 Å². The SMILES string of the molecule is O=C(NC1CCC(n2c(=O)c3cc(F)cnc3n([C@H]3CC[S@@+]([O-])CC3)c2=O)CC1)c1cn2ccccc2n1. The van der Waals surface area contributed by atoms with Gasteiger partial charge in [-0.1, -0.05) is 17.2 Å². The molecule has 1 N–H and O–H groups in total. The maximum absolute atomic E-state index is 14.1. The molecule has 10 nitrogen and oxygen atoms in total. The number of pyridine rings is 2. The molecular formula is C26H27FN6O4S. The van der Waals surface area contributed by atoms with Crippen LogP contribution in [0.4, 0.5) is 4.39 Å². The van der Waals surface area contributed by atoms with Crippen molar-refractivity contribution in [3.8, 4) is 0 Å². The number of halogens is 1. The van der Waals surface area contributed by atoms with Crippen molar-refractivity contribution in [3.05, 3.63) is 75.2 Å². The zero-order valence-electron chi connectivity index (χ0n) is 20.6. The van der Waals surface area contributed by atoms with Gasteiger partial charge >= 0.3 is 5.69 Å². The molecule has 0 aromatic carbocycles. The van der Waals surface area contributed by atoms with Crippen molar-refractivity contribution in [2.24, 2.45) is 0 Å². The predicted octanol–water partition coefficient (Wildman–Crippen LogP) is 2.34. The molecule has 5 heterocycles. The van der Waals surface area contributed by atoms with Crippen LogP contribution in [0.5, 0.6) is 0 Å². The molecule has 0 spiro atoms. The molecule has 0 radical (unpaired) electrons. The molecule has 1 aliphatic carbocycles. The van der Waals surface area contributed by atoms with Crippen LogP contribution in [-0.2, 0) is 11.2 Å². The first-order valence-electron chi connectivity index (χ1n) is 12.8. The minimum atomic E-state index is -0.925. The highest BCUT2D eigenvalue weighted by atomic mass is 32.2. The monoisotopic (exact) mass is 538 g/mol. The van der Waals surface area contributed by atoms with E-state index in [4.69, 9.17) is 0 Å². The van der Waals surface area contributed by atoms with E-state index < -0.39 is 28.2 Å². The van der Waals surface area contributed by atoms with Crippen molar-refractivity contribution < 1.29 is 13.7 Å². The quantitative estimate of drug-likeness (QED) is 0.398. The van der Waals surface area contributed by atoms with Crippen LogP contribution < -0.4 is 16.6 Å². The molecule has 4 aromatic heterocycles. The molecule has 0 bridgehead atoms. The third kappa shape index (κ3) is 4.51. The maximum atomic E-state index is 14.1. The Hall–Kier alpha value is -3.51. The molecule has 12 heteroatoms. The van der Waals surface area contributed by atoms with Gasteiger partial charge in [-0.2, -0.15) is 0 Å². The van der Waals surface area contributed by atoms with E-state index in [2.05, 4.69) is 15.3 Å². The zero-order chi connectivity index (χ0) is 26.4. The second-order valence-corrected chi connectivity index (χ2v) is 11.7. The molecule has 1 saturated carbocycles. The molecule has 0 unspecified atom stereocenters. The molecule has 1 aliphatic heterocycles. The lowest BCUT2D eigenvalue weighted by Crippen LogP contribution is -2.47. The highest BCUT2D eigenvalue weighted by molar-refractivity contribution is 7.91. The molecule has 0 atom stereocenters. The highest BCUT2D eigenvalue weighted by Crippen LogP contribution is 2.29. The van der Waals surface area contributed by atoms with Crippen LogP contribution in [0, 0.1) is 5.82 Å². The molecule has 1 saturated heterocycles. The smallest absolute Gasteiger partial charge is 0.333 e. The summed E-state index contributed by atoms with van der Waals surface area (Å²) in [5.41, 5.74) is 0.170. The van der Waals surface area contributed by atoms with Gasteiger partial charge in [0.1, 0.15) is 34.3 Å². The van der Waals surface area contributed by atoms with Crippen molar-refractivity contribution in [2.45, 2.75) is 56.7 Å². The second kappa shape index (κ2) is 9.99. The molecular weight excluding hydrogens is 511 g/mol. The zero-order valence-corrected chi connectivity index (χ0v) is 21.4. The second-order valence-electron chi connectivity index (χ2n) is 10.0. The van der Waals surface area contributed by atoms with E-state index in [0.717, 1.165) is 12.3 Å². The van der Waals surface area contributed by atoms with E-state index in [1.807, 2.05) is 24.4 Å². The Morgan fingerprint density at radius 3 is 2.53 bits per heavy atom. The van der Waals surface area contributed by atoms with Gasteiger partial charge in [-0.3, -0.25) is 18.7 Å². The van der Waals surface area contributed by atoms with Gasteiger partial charge < -0.3 is 14.3 Å². The number of fused-ring (bicyclic) bond motifs is 2. The van der Waals surface area contributed by atoms with Crippen molar-refractivity contribution in [3.63, 3.8) is 0 Å². The summed E-state index contributed by atoms with van der Waals surface area (Å²) >= 11 is -0.925. The van der Waals surface area contributed by atoms with Crippen LogP contribution in [0.1, 0.15) is 61.1 Å². The van der Waals surface area contributed by atoms with Gasteiger partial charge in [-0.05, 0) is 43.9 Å². The summed E-state index contributed by atoms with van der Waals surface area (Å²) in [6.07, 6.45) is 7.76. The Labute approximate surface area is 219 Å². The number of carbonyl (C=O) groups is 1. The van der Waals surface area contributed by atoms with Gasteiger partial charge in [0.2, 0.25) is 0 Å². The fraction of sp³-hybridized carbons (Fsp3) is 0.423. The fourth-order valence-corrected chi connectivity index (χ4v) is 6.95. The average molecular weight is 539 g/mol. The number of imidazole rings is 1. The number of carbonyl (C=O) groups excluding carboxylic acids is 1. The maximum Gasteiger partial charge on any atom is 0.333 e. The summed E-state index contributed by atoms with van der Waals surface area (Å²) in [6.45, 7) is 0. The van der Waals surface area contributed by atoms with E-state index in [-0.39, 0.29) is 35.1 Å². The first-order chi connectivity index (χ1) is 18.4. The third-order valence-electron chi connectivity index (χ3n) is 7.64. The number of nitrogens with zero attached hydrogens (tertiary/aromatic N) is 5. The molecule has 2 fully saturated rings. The van der Waals surface area contributed by atoms with E-state index in [9.17, 15) is 23.3 Å². The van der Waals surface area contributed by atoms with Crippen molar-refractivity contribution in [2.75, 3.05) is 11.5 Å². The first-order valence-corrected chi connectivity index (χ1v) is 14.3. The Morgan fingerprint density at radius 1 is 1.05 bits per heavy atom. The first kappa shape index (κ1) is 24.8. The molecule has 38 heavy (non-hydrogen) atoms. The average Bonchev–Trinajstić information content (AvgIpc) is 3.36. The lowest BCUT2D eigenvalue weighted by molar-refractivity contribution is 0.0917. The number of amides is 1. The Balaban J connectivity index is 1.25. The van der Waals surface area contributed by atoms with E-state index in [0.29, 0.717) is 61.4 Å². The standard InChI is InChI=1S/C26H27FN6O4S/c27-16-13-20-23(28-14-16)32(19-8-11-38(37)12-9-19)26(36)33(25(20)35)18-6-4-17(5-7-18)29-24(34)21-15-31-10-2-1-3-22(31)30-21/h1-3,10,13-15,17-19H,4-9,11-12H2,(H,29,34)/t17?,18?,19-,38+. The van der Waals surface area contributed by atoms with Gasteiger partial charge in [-0.25, -0.2) is 19.2 Å². The molecule has 1 amide bonds. The summed E-state index contributed by atoms with van der Waals surface area (Å²) in [4.78, 5) is 48.4. The normalized spacial score (nSPS) is 24.1. The fourth-order valence-electron chi connectivity index (χ4n) is 5.68. The number of aromatic nitrogens is 5. The molecule has 4 aromatic rings. The van der Waals surface area contributed by atoms with Crippen LogP contribution in [-0.4, -0.2) is 51.5 Å². The minimum Gasteiger partial charge on any atom is -0.616 e. The number of hydrogen-bond donors (Lipinski definition) is 1. The minimum absolute atomic E-state index is 0.0681. The highest BCUT2D eigenvalue weighted by Gasteiger charge is 2.31. The summed E-state index contributed by atoms with van der Waals surface area (Å²) in [7, 11) is 0. The Bertz CT molecular complexity index is 1600. The Kier molecular flexibility index (Phi) is 6.52. The van der Waals surface area contributed by atoms with Crippen LogP contribution in [0.2, 0.25) is 0 Å². The molecule has 198 valence electrons. The van der Waals surface area contributed by atoms with Crippen LogP contribution in [0.15, 0.2) is 52.4 Å². The van der Waals surface area contributed by atoms with Crippen molar-refractivity contribution >= 4 is 33.8 Å². The van der Waals surface area contributed by atoms with Gasteiger partial charge in [0, 0.05) is 43.4 Å². The lowest BCUT2D eigenvalue weighted by Gasteiger charge is -2.31. The van der Waals surface area contributed by atoms with E-state index >= 15 is 0 Å². The third-order valence-corrected chi connectivity index (χ3v) is 9.02. The van der Waals surface area contributed by atoms with Crippen molar-refractivity contribution in [1.29, 1.82) is 0 Å². The van der Waals surface area contributed by atoms with Gasteiger partial charge in [-0.15, -0.1) is 0 Å². The Morgan fingerprint density at radius 2 is 1.79 bits per heavy atom. The predicted molar refractivity (Wildman–Crippen MR) is 140 cm³/mol. The summed E-state index contributed by atoms with van der Waals surface area (Å²) in [5, 5.41) is 3.10. The van der Waals surface area contributed by atoms with E-state index in [1.165, 1.54) is 9.13 Å². The van der Waals surface area contributed by atoms with Gasteiger partial charge in [0.15, 0.2) is 0 Å². The van der Waals surface area contributed by atoms with Crippen molar-refractivity contribution in [1.82, 2.24) is 28.8 Å². The number of rotatable bonds is 4. The van der Waals surface area contributed by atoms with E-state index in [1.54, 1.807) is 10.6 Å². The van der Waals surface area contributed by atoms with Gasteiger partial charge in [0.05, 0.1) is 11.6 Å². The van der Waals surface area contributed by atoms with Crippen LogP contribution in [0.25, 0.3) is 16.7 Å². The largest absolute Gasteiger partial charge is 0.616 e. The molecule has 2 aliphatic rings. The summed E-state index contributed by atoms with van der Waals surface area (Å²) < 4.78 is 30.6. The topological polar surface area (TPSA) is 126 Å². The lowest BCUT2D eigenvalue weighted by atomic mass is 9.90. The number of nitrogens with one attached hydrogen (secondary N) is 1.